The quantitative estimate of drug-likeness (QED) is 0.226. The fourth-order valence-corrected chi connectivity index (χ4v) is 5.13. The van der Waals surface area contributed by atoms with Crippen LogP contribution in [0.4, 0.5) is 4.39 Å². The molecule has 2 aromatic heterocycles. The fraction of sp³-hybridized carbons (Fsp3) is 0.0882. The van der Waals surface area contributed by atoms with Crippen LogP contribution in [-0.4, -0.2) is 26.6 Å². The van der Waals surface area contributed by atoms with Crippen molar-refractivity contribution >= 4 is 28.2 Å². The molecule has 1 atom stereocenters. The summed E-state index contributed by atoms with van der Waals surface area (Å²) in [7, 11) is 0. The van der Waals surface area contributed by atoms with Crippen molar-refractivity contribution in [3.8, 4) is 11.1 Å². The van der Waals surface area contributed by atoms with Crippen molar-refractivity contribution in [3.63, 3.8) is 0 Å². The Morgan fingerprint density at radius 1 is 0.902 bits per heavy atom. The minimum absolute atomic E-state index is 0.179. The average Bonchev–Trinajstić information content (AvgIpc) is 3.39. The molecule has 0 unspecified atom stereocenters. The monoisotopic (exact) mass is 543 g/mol. The average molecular weight is 544 g/mol. The molecular formula is C34H26FN3O3. The molecule has 7 heteroatoms. The summed E-state index contributed by atoms with van der Waals surface area (Å²) < 4.78 is 15.3. The van der Waals surface area contributed by atoms with Crippen LogP contribution in [0.2, 0.25) is 0 Å². The predicted molar refractivity (Wildman–Crippen MR) is 157 cm³/mol. The van der Waals surface area contributed by atoms with E-state index in [4.69, 9.17) is 0 Å². The van der Waals surface area contributed by atoms with E-state index >= 15 is 0 Å². The third kappa shape index (κ3) is 5.30. The lowest BCUT2D eigenvalue weighted by atomic mass is 9.98. The van der Waals surface area contributed by atoms with Gasteiger partial charge in [0.25, 0.3) is 5.91 Å². The number of aromatic carboxylic acids is 1. The molecule has 4 aromatic carbocycles. The van der Waals surface area contributed by atoms with E-state index in [9.17, 15) is 19.1 Å². The van der Waals surface area contributed by atoms with Crippen molar-refractivity contribution in [1.82, 2.24) is 14.9 Å². The number of fused-ring (bicyclic) bond motifs is 2. The maximum atomic E-state index is 13.8. The van der Waals surface area contributed by atoms with Crippen molar-refractivity contribution < 1.29 is 19.1 Å². The Kier molecular flexibility index (Phi) is 6.77. The lowest BCUT2D eigenvalue weighted by Gasteiger charge is -2.16. The van der Waals surface area contributed by atoms with E-state index in [1.54, 1.807) is 35.0 Å². The zero-order valence-corrected chi connectivity index (χ0v) is 22.2. The van der Waals surface area contributed by atoms with Gasteiger partial charge in [-0.1, -0.05) is 66.7 Å². The molecule has 0 aliphatic rings. The van der Waals surface area contributed by atoms with Crippen molar-refractivity contribution in [3.05, 3.63) is 143 Å². The van der Waals surface area contributed by atoms with Gasteiger partial charge in [0.05, 0.1) is 28.9 Å². The number of carboxylic acid groups (broad SMARTS) is 1. The van der Waals surface area contributed by atoms with E-state index in [0.29, 0.717) is 17.5 Å². The van der Waals surface area contributed by atoms with Crippen molar-refractivity contribution in [2.45, 2.75) is 19.4 Å². The molecule has 1 amide bonds. The van der Waals surface area contributed by atoms with Crippen LogP contribution in [0.3, 0.4) is 0 Å². The molecule has 0 bridgehead atoms. The first-order valence-corrected chi connectivity index (χ1v) is 13.2. The number of hydrogen-bond donors (Lipinski definition) is 2. The van der Waals surface area contributed by atoms with Crippen LogP contribution in [-0.2, 0) is 6.42 Å². The number of hydrogen-bond acceptors (Lipinski definition) is 3. The minimum Gasteiger partial charge on any atom is -0.478 e. The Hall–Kier alpha value is -5.30. The summed E-state index contributed by atoms with van der Waals surface area (Å²) in [6, 6.07) is 28.5. The fourth-order valence-electron chi connectivity index (χ4n) is 5.13. The number of carbonyl (C=O) groups excluding carboxylic acids is 1. The number of amides is 1. The third-order valence-electron chi connectivity index (χ3n) is 7.32. The standard InChI is InChI=1S/C34H26FN3O3/c1-21(23-8-10-26(11-9-23)34(40)41)37-33(39)31-18-29(25-12-14-30(35)15-13-25)20-38-32(31)28(19-36-38)17-22-6-7-24-4-2-3-5-27(24)16-22/h2-16,18-21H,17H2,1H3,(H,37,39)(H,40,41)/t21-/m0/s1. The second-order valence-corrected chi connectivity index (χ2v) is 10.1. The van der Waals surface area contributed by atoms with Crippen LogP contribution in [0, 0.1) is 5.82 Å². The van der Waals surface area contributed by atoms with Gasteiger partial charge >= 0.3 is 5.97 Å². The zero-order chi connectivity index (χ0) is 28.5. The highest BCUT2D eigenvalue weighted by Gasteiger charge is 2.20. The summed E-state index contributed by atoms with van der Waals surface area (Å²) in [5.74, 6) is -1.64. The largest absolute Gasteiger partial charge is 0.478 e. The third-order valence-corrected chi connectivity index (χ3v) is 7.32. The highest BCUT2D eigenvalue weighted by molar-refractivity contribution is 6.03. The van der Waals surface area contributed by atoms with Crippen LogP contribution in [0.1, 0.15) is 50.4 Å². The lowest BCUT2D eigenvalue weighted by Crippen LogP contribution is -2.27. The van der Waals surface area contributed by atoms with Crippen LogP contribution in [0.25, 0.3) is 27.4 Å². The van der Waals surface area contributed by atoms with Crippen molar-refractivity contribution in [2.75, 3.05) is 0 Å². The van der Waals surface area contributed by atoms with E-state index in [2.05, 4.69) is 40.7 Å². The molecule has 0 fully saturated rings. The number of pyridine rings is 1. The molecule has 0 aliphatic heterocycles. The number of carbonyl (C=O) groups is 2. The predicted octanol–water partition coefficient (Wildman–Crippen LogP) is 7.07. The Balaban J connectivity index is 1.39. The van der Waals surface area contributed by atoms with Gasteiger partial charge in [-0.3, -0.25) is 4.79 Å². The molecule has 0 saturated heterocycles. The Bertz CT molecular complexity index is 1910. The van der Waals surface area contributed by atoms with Gasteiger partial charge in [0.1, 0.15) is 5.82 Å². The molecular weight excluding hydrogens is 517 g/mol. The van der Waals surface area contributed by atoms with Gasteiger partial charge in [-0.2, -0.15) is 5.10 Å². The normalized spacial score (nSPS) is 12.0. The number of nitrogens with one attached hydrogen (secondary N) is 1. The second kappa shape index (κ2) is 10.7. The molecule has 6 aromatic rings. The topological polar surface area (TPSA) is 83.7 Å². The molecule has 0 saturated carbocycles. The summed E-state index contributed by atoms with van der Waals surface area (Å²) in [4.78, 5) is 25.1. The molecule has 6 rings (SSSR count). The van der Waals surface area contributed by atoms with Gasteiger partial charge in [-0.05, 0) is 64.7 Å². The van der Waals surface area contributed by atoms with Crippen LogP contribution in [0.15, 0.2) is 109 Å². The van der Waals surface area contributed by atoms with E-state index in [0.717, 1.165) is 38.6 Å². The molecule has 0 spiro atoms. The number of carboxylic acids is 1. The van der Waals surface area contributed by atoms with E-state index < -0.39 is 5.97 Å². The Labute approximate surface area is 235 Å². The summed E-state index contributed by atoms with van der Waals surface area (Å²) in [6.45, 7) is 1.85. The highest BCUT2D eigenvalue weighted by Crippen LogP contribution is 2.28. The molecule has 0 radical (unpaired) electrons. The van der Waals surface area contributed by atoms with Gasteiger partial charge in [-0.25, -0.2) is 13.7 Å². The van der Waals surface area contributed by atoms with Crippen LogP contribution < -0.4 is 5.32 Å². The lowest BCUT2D eigenvalue weighted by molar-refractivity contribution is 0.0696. The molecule has 2 N–H and O–H groups in total. The van der Waals surface area contributed by atoms with E-state index in [1.807, 2.05) is 31.3 Å². The number of aromatic nitrogens is 2. The SMILES string of the molecule is C[C@H](NC(=O)c1cc(-c2ccc(F)cc2)cn2ncc(Cc3ccc4ccccc4c3)c12)c1ccc(C(=O)O)cc1. The molecule has 0 aliphatic carbocycles. The Morgan fingerprint density at radius 2 is 1.63 bits per heavy atom. The Morgan fingerprint density at radius 3 is 2.37 bits per heavy atom. The number of rotatable bonds is 7. The van der Waals surface area contributed by atoms with Gasteiger partial charge in [0.15, 0.2) is 0 Å². The van der Waals surface area contributed by atoms with Crippen LogP contribution >= 0.6 is 0 Å². The summed E-state index contributed by atoms with van der Waals surface area (Å²) >= 11 is 0. The first kappa shape index (κ1) is 26.0. The summed E-state index contributed by atoms with van der Waals surface area (Å²) in [5, 5.41) is 19.2. The second-order valence-electron chi connectivity index (χ2n) is 10.1. The smallest absolute Gasteiger partial charge is 0.335 e. The van der Waals surface area contributed by atoms with Crippen molar-refractivity contribution in [1.29, 1.82) is 0 Å². The minimum atomic E-state index is -1.01. The zero-order valence-electron chi connectivity index (χ0n) is 22.2. The maximum Gasteiger partial charge on any atom is 0.335 e. The molecule has 41 heavy (non-hydrogen) atoms. The first-order chi connectivity index (χ1) is 19.9. The molecule has 6 nitrogen and oxygen atoms in total. The van der Waals surface area contributed by atoms with Gasteiger partial charge in [0, 0.05) is 23.7 Å². The summed E-state index contributed by atoms with van der Waals surface area (Å²) in [5.41, 5.74) is 5.56. The van der Waals surface area contributed by atoms with Gasteiger partial charge < -0.3 is 10.4 Å². The van der Waals surface area contributed by atoms with Crippen LogP contribution in [0.5, 0.6) is 0 Å². The number of nitrogens with zero attached hydrogens (tertiary/aromatic N) is 2. The van der Waals surface area contributed by atoms with Crippen molar-refractivity contribution in [2.24, 2.45) is 0 Å². The number of benzene rings is 4. The van der Waals surface area contributed by atoms with Gasteiger partial charge in [0.2, 0.25) is 0 Å². The highest BCUT2D eigenvalue weighted by atomic mass is 19.1. The maximum absolute atomic E-state index is 13.8. The van der Waals surface area contributed by atoms with E-state index in [-0.39, 0.29) is 23.3 Å². The molecule has 202 valence electrons. The first-order valence-electron chi connectivity index (χ1n) is 13.2. The molecule has 2 heterocycles. The van der Waals surface area contributed by atoms with E-state index in [1.165, 1.54) is 24.3 Å². The van der Waals surface area contributed by atoms with Gasteiger partial charge in [-0.15, -0.1) is 0 Å². The number of halogens is 1. The summed E-state index contributed by atoms with van der Waals surface area (Å²) in [6.07, 6.45) is 4.21.